The fourth-order valence-corrected chi connectivity index (χ4v) is 3.99. The second-order valence-electron chi connectivity index (χ2n) is 7.99. The first-order valence-electron chi connectivity index (χ1n) is 11.1. The molecule has 1 amide bonds. The van der Waals surface area contributed by atoms with Crippen LogP contribution in [0.25, 0.3) is 4.95 Å². The Morgan fingerprint density at radius 2 is 1.81 bits per heavy atom. The summed E-state index contributed by atoms with van der Waals surface area (Å²) in [5.74, 6) is 0.845. The van der Waals surface area contributed by atoms with Gasteiger partial charge >= 0.3 is 0 Å². The van der Waals surface area contributed by atoms with Gasteiger partial charge in [0, 0.05) is 37.5 Å². The van der Waals surface area contributed by atoms with Gasteiger partial charge < -0.3 is 4.90 Å². The van der Waals surface area contributed by atoms with E-state index in [2.05, 4.69) is 27.2 Å². The molecule has 5 nitrogen and oxygen atoms in total. The molecule has 1 aromatic carbocycles. The largest absolute Gasteiger partial charge is 0.339 e. The first kappa shape index (κ1) is 22.4. The molecule has 0 radical (unpaired) electrons. The fraction of sp³-hybridized carbons (Fsp3) is 0.385. The molecule has 2 heterocycles. The Labute approximate surface area is 185 Å². The van der Waals surface area contributed by atoms with Crippen LogP contribution in [0.4, 0.5) is 0 Å². The SMILES string of the molecule is [C-]#[N+]/N=C(\CC/C=C/CCC1CCN(C(=O)c2ccccc2)CC1)Cc1ccncc1. The van der Waals surface area contributed by atoms with E-state index >= 15 is 0 Å². The summed E-state index contributed by atoms with van der Waals surface area (Å²) in [6, 6.07) is 13.5. The lowest BCUT2D eigenvalue weighted by molar-refractivity contribution is 0.0687. The summed E-state index contributed by atoms with van der Waals surface area (Å²) in [4.78, 5) is 21.8. The Hall–Kier alpha value is -3.26. The van der Waals surface area contributed by atoms with E-state index in [1.165, 1.54) is 6.42 Å². The minimum absolute atomic E-state index is 0.155. The Balaban J connectivity index is 1.33. The van der Waals surface area contributed by atoms with Gasteiger partial charge in [0.05, 0.1) is 5.10 Å². The lowest BCUT2D eigenvalue weighted by atomic mass is 9.91. The van der Waals surface area contributed by atoms with Gasteiger partial charge in [-0.1, -0.05) is 30.4 Å². The molecular weight excluding hydrogens is 384 g/mol. The summed E-state index contributed by atoms with van der Waals surface area (Å²) in [5.41, 5.74) is 2.84. The summed E-state index contributed by atoms with van der Waals surface area (Å²) in [6.45, 7) is 8.74. The van der Waals surface area contributed by atoms with Gasteiger partial charge in [-0.3, -0.25) is 9.78 Å². The van der Waals surface area contributed by atoms with E-state index in [-0.39, 0.29) is 5.91 Å². The van der Waals surface area contributed by atoms with Crippen LogP contribution in [0, 0.1) is 12.5 Å². The molecule has 0 spiro atoms. The number of carbonyl (C=O) groups is 1. The topological polar surface area (TPSA) is 49.9 Å². The van der Waals surface area contributed by atoms with Gasteiger partial charge in [-0.25, -0.2) is 0 Å². The van der Waals surface area contributed by atoms with Crippen LogP contribution in [0.2, 0.25) is 0 Å². The Morgan fingerprint density at radius 3 is 2.52 bits per heavy atom. The number of piperidine rings is 1. The average molecular weight is 415 g/mol. The number of carbonyl (C=O) groups excluding carboxylic acids is 1. The molecule has 1 aromatic heterocycles. The minimum atomic E-state index is 0.155. The van der Waals surface area contributed by atoms with Crippen molar-refractivity contribution in [2.45, 2.75) is 44.9 Å². The molecular formula is C26H30N4O. The van der Waals surface area contributed by atoms with Crippen molar-refractivity contribution >= 4 is 11.6 Å². The van der Waals surface area contributed by atoms with Crippen molar-refractivity contribution < 1.29 is 4.79 Å². The standard InChI is InChI=1S/C26H30N4O/c1-27-29-25(21-23-13-17-28-18-14-23)12-8-3-2-5-9-22-15-19-30(20-16-22)26(31)24-10-6-4-7-11-24/h2-4,6-7,10-11,13-14,17-18,22H,5,8-9,12,15-16,19-21H2/b3-2+,29-25+. The molecule has 5 heteroatoms. The molecule has 160 valence electrons. The number of pyridine rings is 1. The van der Waals surface area contributed by atoms with Gasteiger partial charge in [0.15, 0.2) is 0 Å². The minimum Gasteiger partial charge on any atom is -0.339 e. The number of rotatable bonds is 9. The highest BCUT2D eigenvalue weighted by Gasteiger charge is 2.22. The number of allylic oxidation sites excluding steroid dienone is 2. The number of hydrogen-bond donors (Lipinski definition) is 0. The molecule has 1 saturated heterocycles. The number of nitrogens with zero attached hydrogens (tertiary/aromatic N) is 4. The maximum atomic E-state index is 12.5. The van der Waals surface area contributed by atoms with Crippen LogP contribution < -0.4 is 0 Å². The van der Waals surface area contributed by atoms with Crippen molar-refractivity contribution in [3.63, 3.8) is 0 Å². The van der Waals surface area contributed by atoms with E-state index < -0.39 is 0 Å². The van der Waals surface area contributed by atoms with E-state index in [1.54, 1.807) is 12.4 Å². The summed E-state index contributed by atoms with van der Waals surface area (Å²) in [7, 11) is 0. The van der Waals surface area contributed by atoms with Crippen molar-refractivity contribution in [2.75, 3.05) is 13.1 Å². The van der Waals surface area contributed by atoms with Gasteiger partial charge in [0.25, 0.3) is 5.91 Å². The van der Waals surface area contributed by atoms with E-state index in [0.717, 1.165) is 62.0 Å². The molecule has 0 unspecified atom stereocenters. The third kappa shape index (κ3) is 7.49. The van der Waals surface area contributed by atoms with Crippen LogP contribution >= 0.6 is 0 Å². The third-order valence-corrected chi connectivity index (χ3v) is 5.78. The molecule has 0 atom stereocenters. The summed E-state index contributed by atoms with van der Waals surface area (Å²) in [5, 5.41) is 3.98. The molecule has 0 bridgehead atoms. The van der Waals surface area contributed by atoms with Crippen LogP contribution in [0.1, 0.15) is 54.4 Å². The van der Waals surface area contributed by atoms with Crippen molar-refractivity contribution in [3.8, 4) is 0 Å². The second-order valence-corrected chi connectivity index (χ2v) is 7.99. The van der Waals surface area contributed by atoms with Crippen molar-refractivity contribution in [2.24, 2.45) is 11.0 Å². The first-order valence-corrected chi connectivity index (χ1v) is 11.1. The number of benzene rings is 1. The Bertz CT molecular complexity index is 907. The van der Waals surface area contributed by atoms with E-state index in [9.17, 15) is 4.79 Å². The normalized spacial score (nSPS) is 15.2. The molecule has 0 N–H and O–H groups in total. The molecule has 1 aliphatic rings. The third-order valence-electron chi connectivity index (χ3n) is 5.78. The Morgan fingerprint density at radius 1 is 1.10 bits per heavy atom. The van der Waals surface area contributed by atoms with Gasteiger partial charge in [0.1, 0.15) is 5.71 Å². The van der Waals surface area contributed by atoms with Crippen molar-refractivity contribution in [1.29, 1.82) is 0 Å². The predicted molar refractivity (Wildman–Crippen MR) is 125 cm³/mol. The highest BCUT2D eigenvalue weighted by molar-refractivity contribution is 5.94. The lowest BCUT2D eigenvalue weighted by Crippen LogP contribution is -2.38. The van der Waals surface area contributed by atoms with Crippen molar-refractivity contribution in [1.82, 2.24) is 9.88 Å². The van der Waals surface area contributed by atoms with Crippen LogP contribution in [0.3, 0.4) is 0 Å². The van der Waals surface area contributed by atoms with Crippen LogP contribution in [0.15, 0.2) is 72.1 Å². The molecule has 3 rings (SSSR count). The van der Waals surface area contributed by atoms with Gasteiger partial charge in [0.2, 0.25) is 0 Å². The van der Waals surface area contributed by atoms with Crippen LogP contribution in [-0.4, -0.2) is 34.6 Å². The zero-order valence-electron chi connectivity index (χ0n) is 18.0. The van der Waals surface area contributed by atoms with E-state index in [1.807, 2.05) is 47.4 Å². The summed E-state index contributed by atoms with van der Waals surface area (Å²) in [6.07, 6.45) is 14.8. The highest BCUT2D eigenvalue weighted by Crippen LogP contribution is 2.23. The molecule has 0 aliphatic carbocycles. The highest BCUT2D eigenvalue weighted by atomic mass is 16.2. The second kappa shape index (κ2) is 12.4. The lowest BCUT2D eigenvalue weighted by Gasteiger charge is -2.32. The predicted octanol–water partition coefficient (Wildman–Crippen LogP) is 5.57. The zero-order chi connectivity index (χ0) is 21.7. The molecule has 0 saturated carbocycles. The Kier molecular flexibility index (Phi) is 9.00. The van der Waals surface area contributed by atoms with Gasteiger partial charge in [-0.05, 0) is 74.3 Å². The number of aromatic nitrogens is 1. The average Bonchev–Trinajstić information content (AvgIpc) is 2.82. The molecule has 1 fully saturated rings. The number of hydrogen-bond acceptors (Lipinski definition) is 3. The maximum Gasteiger partial charge on any atom is 0.253 e. The maximum absolute atomic E-state index is 12.5. The molecule has 31 heavy (non-hydrogen) atoms. The molecule has 2 aromatic rings. The summed E-state index contributed by atoms with van der Waals surface area (Å²) < 4.78 is 0. The molecule has 1 aliphatic heterocycles. The monoisotopic (exact) mass is 414 g/mol. The number of amides is 1. The number of likely N-dealkylation sites (tertiary alicyclic amines) is 1. The van der Waals surface area contributed by atoms with Crippen molar-refractivity contribution in [3.05, 3.63) is 89.7 Å². The first-order chi connectivity index (χ1) is 15.3. The quantitative estimate of drug-likeness (QED) is 0.233. The van der Waals surface area contributed by atoms with Crippen LogP contribution in [-0.2, 0) is 6.42 Å². The van der Waals surface area contributed by atoms with Crippen LogP contribution in [0.5, 0.6) is 0 Å². The van der Waals surface area contributed by atoms with Gasteiger partial charge in [-0.2, -0.15) is 6.57 Å². The summed E-state index contributed by atoms with van der Waals surface area (Å²) >= 11 is 0. The van der Waals surface area contributed by atoms with E-state index in [0.29, 0.717) is 12.3 Å². The van der Waals surface area contributed by atoms with Gasteiger partial charge in [-0.15, -0.1) is 4.95 Å². The smallest absolute Gasteiger partial charge is 0.253 e. The zero-order valence-corrected chi connectivity index (χ0v) is 18.0. The fourth-order valence-electron chi connectivity index (χ4n) is 3.99. The van der Waals surface area contributed by atoms with E-state index in [4.69, 9.17) is 6.57 Å².